The van der Waals surface area contributed by atoms with Crippen LogP contribution < -0.4 is 5.73 Å². The lowest BCUT2D eigenvalue weighted by Crippen LogP contribution is -2.09. The van der Waals surface area contributed by atoms with Gasteiger partial charge in [-0.25, -0.2) is 0 Å². The van der Waals surface area contributed by atoms with E-state index in [1.807, 2.05) is 0 Å². The zero-order chi connectivity index (χ0) is 12.3. The van der Waals surface area contributed by atoms with Crippen molar-refractivity contribution in [3.05, 3.63) is 46.8 Å². The second-order valence-electron chi connectivity index (χ2n) is 3.56. The molecule has 0 atom stereocenters. The van der Waals surface area contributed by atoms with E-state index in [0.29, 0.717) is 18.7 Å². The van der Waals surface area contributed by atoms with Crippen LogP contribution in [0.1, 0.15) is 0 Å². The minimum absolute atomic E-state index is 0.0831. The topological polar surface area (TPSA) is 87.0 Å². The third-order valence-electron chi connectivity index (χ3n) is 2.40. The van der Waals surface area contributed by atoms with Crippen LogP contribution in [-0.2, 0) is 6.54 Å². The molecule has 17 heavy (non-hydrogen) atoms. The monoisotopic (exact) mass is 232 g/mol. The van der Waals surface area contributed by atoms with Gasteiger partial charge in [-0.05, 0) is 6.07 Å². The summed E-state index contributed by atoms with van der Waals surface area (Å²) < 4.78 is 1.67. The summed E-state index contributed by atoms with van der Waals surface area (Å²) in [7, 11) is 0. The maximum Gasteiger partial charge on any atom is 0.277 e. The highest BCUT2D eigenvalue weighted by atomic mass is 16.6. The van der Waals surface area contributed by atoms with Gasteiger partial charge >= 0.3 is 0 Å². The molecule has 0 bridgehead atoms. The first-order valence-corrected chi connectivity index (χ1v) is 5.18. The van der Waals surface area contributed by atoms with Crippen molar-refractivity contribution in [1.82, 2.24) is 9.78 Å². The molecule has 0 saturated heterocycles. The van der Waals surface area contributed by atoms with Crippen molar-refractivity contribution in [2.75, 3.05) is 6.54 Å². The molecule has 6 nitrogen and oxygen atoms in total. The Labute approximate surface area is 97.8 Å². The van der Waals surface area contributed by atoms with E-state index < -0.39 is 4.92 Å². The van der Waals surface area contributed by atoms with Gasteiger partial charge in [0.25, 0.3) is 5.69 Å². The molecule has 0 aliphatic carbocycles. The van der Waals surface area contributed by atoms with Crippen LogP contribution in [0.15, 0.2) is 36.7 Å². The molecule has 0 saturated carbocycles. The summed E-state index contributed by atoms with van der Waals surface area (Å²) in [5.41, 5.74) is 6.80. The maximum absolute atomic E-state index is 10.9. The average Bonchev–Trinajstić information content (AvgIpc) is 2.78. The molecule has 0 unspecified atom stereocenters. The van der Waals surface area contributed by atoms with E-state index in [-0.39, 0.29) is 5.69 Å². The maximum atomic E-state index is 10.9. The molecule has 1 aromatic heterocycles. The molecule has 1 aromatic carbocycles. The number of nitrogens with two attached hydrogens (primary N) is 1. The van der Waals surface area contributed by atoms with E-state index in [9.17, 15) is 10.1 Å². The fraction of sp³-hybridized carbons (Fsp3) is 0.182. The molecular formula is C11H12N4O2. The Hall–Kier alpha value is -2.21. The number of hydrogen-bond donors (Lipinski definition) is 1. The molecule has 2 N–H and O–H groups in total. The summed E-state index contributed by atoms with van der Waals surface area (Å²) in [4.78, 5) is 10.5. The number of nitro groups is 1. The predicted molar refractivity (Wildman–Crippen MR) is 63.4 cm³/mol. The zero-order valence-corrected chi connectivity index (χ0v) is 9.11. The summed E-state index contributed by atoms with van der Waals surface area (Å²) in [6, 6.07) is 6.60. The largest absolute Gasteiger partial charge is 0.329 e. The molecule has 2 rings (SSSR count). The van der Waals surface area contributed by atoms with Crippen LogP contribution in [0.4, 0.5) is 5.69 Å². The zero-order valence-electron chi connectivity index (χ0n) is 9.11. The minimum Gasteiger partial charge on any atom is -0.329 e. The smallest absolute Gasteiger partial charge is 0.277 e. The number of para-hydroxylation sites is 1. The standard InChI is InChI=1S/C11H12N4O2/c12-5-6-14-8-9(7-13-14)10-3-1-2-4-11(10)15(16)17/h1-4,7-8H,5-6,12H2. The molecule has 0 amide bonds. The van der Waals surface area contributed by atoms with Crippen LogP contribution in [0.3, 0.4) is 0 Å². The van der Waals surface area contributed by atoms with Gasteiger partial charge in [-0.3, -0.25) is 14.8 Å². The van der Waals surface area contributed by atoms with Gasteiger partial charge in [0.05, 0.1) is 23.2 Å². The first-order valence-electron chi connectivity index (χ1n) is 5.18. The van der Waals surface area contributed by atoms with Crippen molar-refractivity contribution in [3.63, 3.8) is 0 Å². The van der Waals surface area contributed by atoms with E-state index in [2.05, 4.69) is 5.10 Å². The third-order valence-corrected chi connectivity index (χ3v) is 2.40. The second kappa shape index (κ2) is 4.75. The predicted octanol–water partition coefficient (Wildman–Crippen LogP) is 1.42. The van der Waals surface area contributed by atoms with Gasteiger partial charge in [-0.15, -0.1) is 0 Å². The van der Waals surface area contributed by atoms with Crippen LogP contribution in [-0.4, -0.2) is 21.2 Å². The molecule has 0 fully saturated rings. The second-order valence-corrected chi connectivity index (χ2v) is 3.56. The van der Waals surface area contributed by atoms with Crippen molar-refractivity contribution in [2.24, 2.45) is 5.73 Å². The summed E-state index contributed by atoms with van der Waals surface area (Å²) >= 11 is 0. The fourth-order valence-electron chi connectivity index (χ4n) is 1.63. The fourth-order valence-corrected chi connectivity index (χ4v) is 1.63. The first-order chi connectivity index (χ1) is 8.22. The SMILES string of the molecule is NCCn1cc(-c2ccccc2[N+](=O)[O-])cn1. The highest BCUT2D eigenvalue weighted by molar-refractivity contribution is 5.72. The molecule has 6 heteroatoms. The van der Waals surface area contributed by atoms with Crippen molar-refractivity contribution >= 4 is 5.69 Å². The number of hydrogen-bond acceptors (Lipinski definition) is 4. The van der Waals surface area contributed by atoms with E-state index in [4.69, 9.17) is 5.73 Å². The van der Waals surface area contributed by atoms with E-state index >= 15 is 0 Å². The molecular weight excluding hydrogens is 220 g/mol. The Morgan fingerprint density at radius 1 is 1.41 bits per heavy atom. The van der Waals surface area contributed by atoms with Crippen molar-refractivity contribution in [1.29, 1.82) is 0 Å². The molecule has 0 radical (unpaired) electrons. The lowest BCUT2D eigenvalue weighted by Gasteiger charge is -1.99. The normalized spacial score (nSPS) is 10.4. The number of nitro benzene ring substituents is 1. The molecule has 0 spiro atoms. The van der Waals surface area contributed by atoms with Crippen molar-refractivity contribution in [2.45, 2.75) is 6.54 Å². The van der Waals surface area contributed by atoms with E-state index in [1.54, 1.807) is 35.3 Å². The van der Waals surface area contributed by atoms with Gasteiger partial charge in [-0.2, -0.15) is 5.10 Å². The highest BCUT2D eigenvalue weighted by Crippen LogP contribution is 2.28. The quantitative estimate of drug-likeness (QED) is 0.637. The minimum atomic E-state index is -0.393. The lowest BCUT2D eigenvalue weighted by atomic mass is 10.1. The molecule has 1 heterocycles. The molecule has 0 aliphatic heterocycles. The van der Waals surface area contributed by atoms with Gasteiger partial charge in [0.15, 0.2) is 0 Å². The first kappa shape index (κ1) is 11.3. The number of rotatable bonds is 4. The van der Waals surface area contributed by atoms with Crippen molar-refractivity contribution < 1.29 is 4.92 Å². The van der Waals surface area contributed by atoms with E-state index in [1.165, 1.54) is 6.07 Å². The lowest BCUT2D eigenvalue weighted by molar-refractivity contribution is -0.384. The third kappa shape index (κ3) is 2.31. The Kier molecular flexibility index (Phi) is 3.15. The summed E-state index contributed by atoms with van der Waals surface area (Å²) in [5.74, 6) is 0. The summed E-state index contributed by atoms with van der Waals surface area (Å²) in [6.07, 6.45) is 3.37. The number of nitrogens with zero attached hydrogens (tertiary/aromatic N) is 3. The van der Waals surface area contributed by atoms with Gasteiger partial charge in [-0.1, -0.05) is 12.1 Å². The molecule has 88 valence electrons. The van der Waals surface area contributed by atoms with Gasteiger partial charge in [0, 0.05) is 24.4 Å². The summed E-state index contributed by atoms with van der Waals surface area (Å²) in [6.45, 7) is 1.08. The van der Waals surface area contributed by atoms with Crippen molar-refractivity contribution in [3.8, 4) is 11.1 Å². The average molecular weight is 232 g/mol. The van der Waals surface area contributed by atoms with Crippen LogP contribution >= 0.6 is 0 Å². The Balaban J connectivity index is 2.41. The Morgan fingerprint density at radius 3 is 2.88 bits per heavy atom. The Morgan fingerprint density at radius 2 is 2.18 bits per heavy atom. The number of aromatic nitrogens is 2. The molecule has 0 aliphatic rings. The molecule has 2 aromatic rings. The number of benzene rings is 1. The van der Waals surface area contributed by atoms with Crippen LogP contribution in [0, 0.1) is 10.1 Å². The van der Waals surface area contributed by atoms with Gasteiger partial charge in [0.1, 0.15) is 0 Å². The van der Waals surface area contributed by atoms with Gasteiger partial charge in [0.2, 0.25) is 0 Å². The van der Waals surface area contributed by atoms with Crippen LogP contribution in [0.25, 0.3) is 11.1 Å². The van der Waals surface area contributed by atoms with Crippen LogP contribution in [0.2, 0.25) is 0 Å². The van der Waals surface area contributed by atoms with E-state index in [0.717, 1.165) is 5.56 Å². The summed E-state index contributed by atoms with van der Waals surface area (Å²) in [5, 5.41) is 15.0. The van der Waals surface area contributed by atoms with Gasteiger partial charge < -0.3 is 5.73 Å². The highest BCUT2D eigenvalue weighted by Gasteiger charge is 2.15. The van der Waals surface area contributed by atoms with Crippen LogP contribution in [0.5, 0.6) is 0 Å². The Bertz CT molecular complexity index is 536.